The molecule has 1 unspecified atom stereocenters. The summed E-state index contributed by atoms with van der Waals surface area (Å²) in [5.41, 5.74) is 5.69. The molecule has 0 aromatic heterocycles. The van der Waals surface area contributed by atoms with Gasteiger partial charge in [0.1, 0.15) is 0 Å². The van der Waals surface area contributed by atoms with Crippen molar-refractivity contribution < 1.29 is 0 Å². The van der Waals surface area contributed by atoms with Gasteiger partial charge in [0.05, 0.1) is 0 Å². The summed E-state index contributed by atoms with van der Waals surface area (Å²) in [5.74, 6) is 3.43. The molecule has 78 valence electrons. The van der Waals surface area contributed by atoms with E-state index in [2.05, 4.69) is 12.2 Å². The molecule has 1 atom stereocenters. The van der Waals surface area contributed by atoms with Crippen molar-refractivity contribution in [3.63, 3.8) is 0 Å². The fourth-order valence-corrected chi connectivity index (χ4v) is 2.07. The van der Waals surface area contributed by atoms with Gasteiger partial charge in [-0.3, -0.25) is 0 Å². The Kier molecular flexibility index (Phi) is 5.83. The zero-order valence-electron chi connectivity index (χ0n) is 8.59. The van der Waals surface area contributed by atoms with Crippen molar-refractivity contribution in [2.24, 2.45) is 11.7 Å². The highest BCUT2D eigenvalue weighted by Gasteiger charge is 2.21. The van der Waals surface area contributed by atoms with Gasteiger partial charge >= 0.3 is 0 Å². The van der Waals surface area contributed by atoms with Crippen LogP contribution in [-0.2, 0) is 0 Å². The van der Waals surface area contributed by atoms with Crippen LogP contribution >= 0.6 is 11.8 Å². The lowest BCUT2D eigenvalue weighted by Crippen LogP contribution is -2.37. The molecular weight excluding hydrogens is 180 g/mol. The normalized spacial score (nSPS) is 18.9. The molecule has 0 aromatic carbocycles. The number of nitrogens with one attached hydrogen (secondary N) is 1. The lowest BCUT2D eigenvalue weighted by atomic mass is 10.2. The third kappa shape index (κ3) is 5.55. The first-order valence-corrected chi connectivity index (χ1v) is 6.53. The second-order valence-electron chi connectivity index (χ2n) is 3.77. The van der Waals surface area contributed by atoms with E-state index in [1.165, 1.54) is 37.3 Å². The molecule has 0 amide bonds. The van der Waals surface area contributed by atoms with Gasteiger partial charge in [-0.05, 0) is 43.2 Å². The lowest BCUT2D eigenvalue weighted by molar-refractivity contribution is 0.494. The SMILES string of the molecule is CCSCCC(CN)NCC1CC1. The van der Waals surface area contributed by atoms with Crippen LogP contribution in [0.3, 0.4) is 0 Å². The summed E-state index contributed by atoms with van der Waals surface area (Å²) in [7, 11) is 0. The Labute approximate surface area is 86.0 Å². The zero-order chi connectivity index (χ0) is 9.52. The van der Waals surface area contributed by atoms with Crippen LogP contribution in [0.25, 0.3) is 0 Å². The average molecular weight is 202 g/mol. The van der Waals surface area contributed by atoms with E-state index < -0.39 is 0 Å². The van der Waals surface area contributed by atoms with Gasteiger partial charge in [-0.25, -0.2) is 0 Å². The van der Waals surface area contributed by atoms with Gasteiger partial charge in [0.15, 0.2) is 0 Å². The van der Waals surface area contributed by atoms with Crippen molar-refractivity contribution in [2.45, 2.75) is 32.2 Å². The molecule has 0 heterocycles. The molecular formula is C10H22N2S. The second kappa shape index (κ2) is 6.68. The molecule has 0 aromatic rings. The molecule has 13 heavy (non-hydrogen) atoms. The molecule has 0 radical (unpaired) electrons. The van der Waals surface area contributed by atoms with Crippen LogP contribution in [0.1, 0.15) is 26.2 Å². The summed E-state index contributed by atoms with van der Waals surface area (Å²) in [5, 5.41) is 3.55. The van der Waals surface area contributed by atoms with Crippen molar-refractivity contribution in [1.82, 2.24) is 5.32 Å². The Hall–Kier alpha value is 0.270. The molecule has 1 saturated carbocycles. The predicted octanol–water partition coefficient (Wildman–Crippen LogP) is 1.46. The van der Waals surface area contributed by atoms with Crippen LogP contribution in [0.4, 0.5) is 0 Å². The number of nitrogens with two attached hydrogens (primary N) is 1. The summed E-state index contributed by atoms with van der Waals surface area (Å²) in [6.45, 7) is 4.19. The molecule has 0 aliphatic heterocycles. The first-order valence-electron chi connectivity index (χ1n) is 5.38. The largest absolute Gasteiger partial charge is 0.329 e. The predicted molar refractivity (Wildman–Crippen MR) is 61.2 cm³/mol. The monoisotopic (exact) mass is 202 g/mol. The summed E-state index contributed by atoms with van der Waals surface area (Å²) < 4.78 is 0. The molecule has 2 nitrogen and oxygen atoms in total. The molecule has 1 rings (SSSR count). The van der Waals surface area contributed by atoms with Gasteiger partial charge in [-0.15, -0.1) is 0 Å². The van der Waals surface area contributed by atoms with Crippen LogP contribution in [0.5, 0.6) is 0 Å². The number of hydrogen-bond acceptors (Lipinski definition) is 3. The summed E-state index contributed by atoms with van der Waals surface area (Å²) in [6.07, 6.45) is 4.07. The topological polar surface area (TPSA) is 38.0 Å². The highest BCUT2D eigenvalue weighted by atomic mass is 32.2. The van der Waals surface area contributed by atoms with Crippen molar-refractivity contribution in [2.75, 3.05) is 24.6 Å². The molecule has 0 spiro atoms. The van der Waals surface area contributed by atoms with E-state index in [-0.39, 0.29) is 0 Å². The first kappa shape index (κ1) is 11.3. The van der Waals surface area contributed by atoms with Crippen LogP contribution in [0, 0.1) is 5.92 Å². The molecule has 0 bridgehead atoms. The van der Waals surface area contributed by atoms with Gasteiger partial charge in [-0.1, -0.05) is 6.92 Å². The summed E-state index contributed by atoms with van der Waals surface area (Å²) in [6, 6.07) is 0.555. The standard InChI is InChI=1S/C10H22N2S/c1-2-13-6-5-10(7-11)12-8-9-3-4-9/h9-10,12H,2-8,11H2,1H3. The molecule has 3 N–H and O–H groups in total. The Morgan fingerprint density at radius 1 is 1.54 bits per heavy atom. The Morgan fingerprint density at radius 2 is 2.31 bits per heavy atom. The zero-order valence-corrected chi connectivity index (χ0v) is 9.41. The first-order chi connectivity index (χ1) is 6.36. The van der Waals surface area contributed by atoms with E-state index in [9.17, 15) is 0 Å². The summed E-state index contributed by atoms with van der Waals surface area (Å²) in [4.78, 5) is 0. The maximum absolute atomic E-state index is 5.69. The fraction of sp³-hybridized carbons (Fsp3) is 1.00. The van der Waals surface area contributed by atoms with Crippen molar-refractivity contribution in [3.05, 3.63) is 0 Å². The van der Waals surface area contributed by atoms with E-state index in [1.54, 1.807) is 0 Å². The maximum Gasteiger partial charge on any atom is 0.0198 e. The van der Waals surface area contributed by atoms with E-state index in [4.69, 9.17) is 5.73 Å². The van der Waals surface area contributed by atoms with E-state index >= 15 is 0 Å². The number of hydrogen-bond donors (Lipinski definition) is 2. The van der Waals surface area contributed by atoms with Crippen molar-refractivity contribution in [3.8, 4) is 0 Å². The minimum Gasteiger partial charge on any atom is -0.329 e. The molecule has 0 saturated heterocycles. The average Bonchev–Trinajstić information content (AvgIpc) is 2.94. The highest BCUT2D eigenvalue weighted by Crippen LogP contribution is 2.27. The van der Waals surface area contributed by atoms with Gasteiger partial charge in [0.2, 0.25) is 0 Å². The van der Waals surface area contributed by atoms with Crippen molar-refractivity contribution >= 4 is 11.8 Å². The number of thioether (sulfide) groups is 1. The Balaban J connectivity index is 1.95. The van der Waals surface area contributed by atoms with Gasteiger partial charge in [-0.2, -0.15) is 11.8 Å². The quantitative estimate of drug-likeness (QED) is 0.585. The third-order valence-corrected chi connectivity index (χ3v) is 3.42. The lowest BCUT2D eigenvalue weighted by Gasteiger charge is -2.15. The molecule has 1 fully saturated rings. The van der Waals surface area contributed by atoms with E-state index in [0.29, 0.717) is 6.04 Å². The molecule has 1 aliphatic carbocycles. The molecule has 3 heteroatoms. The number of rotatable bonds is 8. The van der Waals surface area contributed by atoms with Gasteiger partial charge in [0.25, 0.3) is 0 Å². The van der Waals surface area contributed by atoms with Gasteiger partial charge in [0, 0.05) is 12.6 Å². The van der Waals surface area contributed by atoms with Crippen LogP contribution in [0.2, 0.25) is 0 Å². The third-order valence-electron chi connectivity index (χ3n) is 2.49. The second-order valence-corrected chi connectivity index (χ2v) is 5.16. The van der Waals surface area contributed by atoms with Crippen LogP contribution in [0.15, 0.2) is 0 Å². The van der Waals surface area contributed by atoms with E-state index in [0.717, 1.165) is 12.5 Å². The molecule has 1 aliphatic rings. The maximum atomic E-state index is 5.69. The van der Waals surface area contributed by atoms with Crippen LogP contribution in [-0.4, -0.2) is 30.6 Å². The van der Waals surface area contributed by atoms with Crippen LogP contribution < -0.4 is 11.1 Å². The fourth-order valence-electron chi connectivity index (χ4n) is 1.33. The van der Waals surface area contributed by atoms with Gasteiger partial charge < -0.3 is 11.1 Å². The highest BCUT2D eigenvalue weighted by molar-refractivity contribution is 7.99. The summed E-state index contributed by atoms with van der Waals surface area (Å²) >= 11 is 2.01. The minimum absolute atomic E-state index is 0.555. The van der Waals surface area contributed by atoms with Crippen molar-refractivity contribution in [1.29, 1.82) is 0 Å². The Morgan fingerprint density at radius 3 is 2.85 bits per heavy atom. The smallest absolute Gasteiger partial charge is 0.0198 e. The minimum atomic E-state index is 0.555. The van der Waals surface area contributed by atoms with E-state index in [1.807, 2.05) is 11.8 Å². The Bertz CT molecular complexity index is 126.